The third kappa shape index (κ3) is 13.4. The highest BCUT2D eigenvalue weighted by atomic mass is 32.2. The first-order chi connectivity index (χ1) is 50.1. The monoisotopic (exact) mass is 1390 g/mol. The molecule has 504 valence electrons. The molecule has 2 aliphatic rings. The number of hydrogen-bond donors (Lipinski definition) is 3. The molecule has 0 spiro atoms. The van der Waals surface area contributed by atoms with Crippen molar-refractivity contribution in [3.63, 3.8) is 0 Å². The zero-order valence-corrected chi connectivity index (χ0v) is 59.4. The van der Waals surface area contributed by atoms with Crippen LogP contribution in [0.3, 0.4) is 0 Å². The molecule has 0 unspecified atom stereocenters. The SMILES string of the molecule is CCOc1ccc(-c2nc(SCC)nc(-c3cc4c(ccc5ccccc54)c4c3C=CCC4)n2)c(O)c1.CCOc1ccc(-c2nc(SCC)nc(-c3cc4ccccc4c4c3C=CCC4)n2)c(O)c1.CCSc1nc(-c2ccccc2O)nc(-c2ccc3ccc4cccc5ccc2c3c45)n1. The third-order valence-corrected chi connectivity index (χ3v) is 20.4. The first-order valence-corrected chi connectivity index (χ1v) is 37.4. The van der Waals surface area contributed by atoms with E-state index in [1.165, 1.54) is 75.9 Å². The molecule has 102 heavy (non-hydrogen) atoms. The summed E-state index contributed by atoms with van der Waals surface area (Å²) in [6.45, 7) is 11.1. The van der Waals surface area contributed by atoms with E-state index < -0.39 is 0 Å². The summed E-state index contributed by atoms with van der Waals surface area (Å²) in [5.41, 5.74) is 9.66. The molecule has 15 aromatic rings. The predicted octanol–water partition coefficient (Wildman–Crippen LogP) is 21.1. The van der Waals surface area contributed by atoms with Gasteiger partial charge in [-0.1, -0.05) is 202 Å². The molecule has 14 nitrogen and oxygen atoms in total. The molecule has 0 fully saturated rings. The molecular formula is C85H71N9O5S3. The van der Waals surface area contributed by atoms with E-state index in [0.717, 1.165) is 70.6 Å². The number of para-hydroxylation sites is 1. The molecule has 3 heterocycles. The van der Waals surface area contributed by atoms with Crippen LogP contribution >= 0.6 is 35.3 Å². The van der Waals surface area contributed by atoms with Crippen LogP contribution < -0.4 is 9.47 Å². The number of ether oxygens (including phenoxy) is 2. The van der Waals surface area contributed by atoms with E-state index in [0.29, 0.717) is 91.8 Å². The number of phenolic OH excluding ortho intramolecular Hbond substituents is 3. The van der Waals surface area contributed by atoms with Crippen LogP contribution in [-0.4, -0.2) is 90.6 Å². The molecular weight excluding hydrogens is 1320 g/mol. The Kier molecular flexibility index (Phi) is 19.5. The van der Waals surface area contributed by atoms with Crippen LogP contribution in [-0.2, 0) is 12.8 Å². The second-order valence-electron chi connectivity index (χ2n) is 24.4. The molecule has 0 aliphatic heterocycles. The third-order valence-electron chi connectivity index (χ3n) is 18.2. The Morgan fingerprint density at radius 3 is 1.29 bits per heavy atom. The van der Waals surface area contributed by atoms with Gasteiger partial charge in [-0.3, -0.25) is 0 Å². The Morgan fingerprint density at radius 2 is 0.745 bits per heavy atom. The Bertz CT molecular complexity index is 5760. The minimum Gasteiger partial charge on any atom is -0.507 e. The van der Waals surface area contributed by atoms with Gasteiger partial charge in [-0.25, -0.2) is 44.9 Å². The van der Waals surface area contributed by atoms with Gasteiger partial charge >= 0.3 is 0 Å². The summed E-state index contributed by atoms with van der Waals surface area (Å²) < 4.78 is 11.1. The number of allylic oxidation sites excluding steroid dienone is 2. The first kappa shape index (κ1) is 66.9. The summed E-state index contributed by atoms with van der Waals surface area (Å²) in [7, 11) is 0. The van der Waals surface area contributed by atoms with Crippen LogP contribution in [0.1, 0.15) is 69.7 Å². The van der Waals surface area contributed by atoms with Crippen molar-refractivity contribution >= 4 is 112 Å². The van der Waals surface area contributed by atoms with Crippen molar-refractivity contribution < 1.29 is 24.8 Å². The predicted molar refractivity (Wildman–Crippen MR) is 420 cm³/mol. The molecule has 0 amide bonds. The fourth-order valence-electron chi connectivity index (χ4n) is 13.7. The first-order valence-electron chi connectivity index (χ1n) is 34.5. The minimum atomic E-state index is 0.0852. The second kappa shape index (κ2) is 29.7. The van der Waals surface area contributed by atoms with Crippen molar-refractivity contribution in [1.29, 1.82) is 0 Å². The van der Waals surface area contributed by atoms with Crippen LogP contribution in [0.25, 0.3) is 145 Å². The maximum absolute atomic E-state index is 10.8. The van der Waals surface area contributed by atoms with Crippen molar-refractivity contribution in [2.45, 2.75) is 75.8 Å². The van der Waals surface area contributed by atoms with E-state index in [1.807, 2.05) is 44.2 Å². The normalized spacial score (nSPS) is 12.4. The van der Waals surface area contributed by atoms with Crippen LogP contribution in [0, 0.1) is 0 Å². The number of nitrogens with zero attached hydrogens (tertiary/aromatic N) is 9. The van der Waals surface area contributed by atoms with E-state index in [2.05, 4.69) is 182 Å². The highest BCUT2D eigenvalue weighted by Gasteiger charge is 2.24. The highest BCUT2D eigenvalue weighted by molar-refractivity contribution is 7.99. The van der Waals surface area contributed by atoms with Gasteiger partial charge in [0.15, 0.2) is 50.4 Å². The van der Waals surface area contributed by atoms with Crippen molar-refractivity contribution in [2.24, 2.45) is 0 Å². The maximum atomic E-state index is 10.8. The molecule has 0 saturated carbocycles. The van der Waals surface area contributed by atoms with Gasteiger partial charge in [-0.2, -0.15) is 0 Å². The van der Waals surface area contributed by atoms with Gasteiger partial charge in [0.05, 0.1) is 29.9 Å². The van der Waals surface area contributed by atoms with Crippen LogP contribution in [0.4, 0.5) is 0 Å². The van der Waals surface area contributed by atoms with Crippen molar-refractivity contribution in [2.75, 3.05) is 30.5 Å². The lowest BCUT2D eigenvalue weighted by Crippen LogP contribution is -2.04. The number of rotatable bonds is 16. The molecule has 12 aromatic carbocycles. The van der Waals surface area contributed by atoms with Gasteiger partial charge in [-0.15, -0.1) is 0 Å². The van der Waals surface area contributed by atoms with Gasteiger partial charge in [0, 0.05) is 28.8 Å². The Balaban J connectivity index is 0.000000124. The highest BCUT2D eigenvalue weighted by Crippen LogP contribution is 2.44. The number of fused-ring (bicyclic) bond motifs is 8. The zero-order chi connectivity index (χ0) is 69.8. The Morgan fingerprint density at radius 1 is 0.324 bits per heavy atom. The average Bonchev–Trinajstić information content (AvgIpc) is 0.745. The van der Waals surface area contributed by atoms with Gasteiger partial charge in [0.1, 0.15) is 28.7 Å². The van der Waals surface area contributed by atoms with Crippen LogP contribution in [0.5, 0.6) is 28.7 Å². The molecule has 17 heteroatoms. The van der Waals surface area contributed by atoms with E-state index in [4.69, 9.17) is 44.4 Å². The summed E-state index contributed by atoms with van der Waals surface area (Å²) in [4.78, 5) is 43.0. The van der Waals surface area contributed by atoms with E-state index in [1.54, 1.807) is 65.6 Å². The molecule has 3 N–H and O–H groups in total. The van der Waals surface area contributed by atoms with E-state index >= 15 is 0 Å². The lowest BCUT2D eigenvalue weighted by atomic mass is 9.86. The van der Waals surface area contributed by atoms with Crippen molar-refractivity contribution in [3.8, 4) is 97.1 Å². The summed E-state index contributed by atoms with van der Waals surface area (Å²) in [6.07, 6.45) is 12.8. The summed E-state index contributed by atoms with van der Waals surface area (Å²) in [6, 6.07) is 62.8. The van der Waals surface area contributed by atoms with Gasteiger partial charge in [-0.05, 0) is 198 Å². The average molecular weight is 1390 g/mol. The molecule has 0 saturated heterocycles. The fourth-order valence-corrected chi connectivity index (χ4v) is 15.4. The molecule has 0 bridgehead atoms. The topological polar surface area (TPSA) is 195 Å². The van der Waals surface area contributed by atoms with E-state index in [9.17, 15) is 15.3 Å². The molecule has 0 radical (unpaired) electrons. The number of aromatic hydroxyl groups is 3. The lowest BCUT2D eigenvalue weighted by Gasteiger charge is -2.19. The van der Waals surface area contributed by atoms with Gasteiger partial charge in [0.25, 0.3) is 0 Å². The maximum Gasteiger partial charge on any atom is 0.191 e. The Hall–Kier alpha value is -11.0. The minimum absolute atomic E-state index is 0.0852. The fraction of sp³-hybridized carbons (Fsp3) is 0.165. The number of hydrogen-bond acceptors (Lipinski definition) is 17. The smallest absolute Gasteiger partial charge is 0.191 e. The summed E-state index contributed by atoms with van der Waals surface area (Å²) in [5, 5.41) is 48.5. The lowest BCUT2D eigenvalue weighted by molar-refractivity contribution is 0.337. The standard InChI is InChI=1S/C31H27N3O2S.C27H25N3O2S.C27H19N3OS/c1-3-36-20-14-16-25(28(35)17-20)29-32-30(34-31(33-29)37-4-2)27-18-26-21-10-6-5-9-19(21)13-15-24(26)22-11-7-8-12-23(22)27;1-3-32-18-13-14-22(24(31)16-18)25-28-26(30-27(29-25)33-4-2)23-15-17-9-5-6-10-19(17)20-11-7-8-12-21(20)23;1-2-32-27-29-25(28-26(30-27)21-8-3-4-9-22(21)31)20-15-13-18-11-10-16-6-5-7-17-12-14-19(20)24(18)23(16)17/h5-6,8-10,12-18,35H,3-4,7,11H2,1-2H3;5-6,8-10,12-16,31H,3-4,7,11H2,1-2H3;3-15,31H,2H2,1H3. The second-order valence-corrected chi connectivity index (χ2v) is 28.1. The summed E-state index contributed by atoms with van der Waals surface area (Å²) >= 11 is 4.70. The molecule has 3 aromatic heterocycles. The number of aryl methyl sites for hydroxylation is 2. The van der Waals surface area contributed by atoms with Crippen LogP contribution in [0.15, 0.2) is 216 Å². The Labute approximate surface area is 603 Å². The van der Waals surface area contributed by atoms with Crippen LogP contribution in [0.2, 0.25) is 0 Å². The number of thioether (sulfide) groups is 3. The van der Waals surface area contributed by atoms with Gasteiger partial charge < -0.3 is 24.8 Å². The quantitative estimate of drug-likeness (QED) is 0.0610. The molecule has 0 atom stereocenters. The molecule has 2 aliphatic carbocycles. The number of phenols is 3. The zero-order valence-electron chi connectivity index (χ0n) is 57.0. The van der Waals surface area contributed by atoms with E-state index in [-0.39, 0.29) is 17.2 Å². The largest absolute Gasteiger partial charge is 0.507 e. The molecule has 17 rings (SSSR count). The number of benzene rings is 12. The number of aromatic nitrogens is 9. The van der Waals surface area contributed by atoms with Crippen molar-refractivity contribution in [1.82, 2.24) is 44.9 Å². The van der Waals surface area contributed by atoms with Gasteiger partial charge in [0.2, 0.25) is 0 Å². The van der Waals surface area contributed by atoms with Crippen molar-refractivity contribution in [3.05, 3.63) is 222 Å². The summed E-state index contributed by atoms with van der Waals surface area (Å²) in [5.74, 6) is 7.33.